The molecule has 1 aromatic rings. The number of imide groups is 1. The Morgan fingerprint density at radius 3 is 2.17 bits per heavy atom. The lowest BCUT2D eigenvalue weighted by molar-refractivity contribution is -0.141. The number of amides is 3. The highest BCUT2D eigenvalue weighted by Crippen LogP contribution is 2.41. The van der Waals surface area contributed by atoms with Crippen molar-refractivity contribution in [3.63, 3.8) is 0 Å². The summed E-state index contributed by atoms with van der Waals surface area (Å²) in [6.45, 7) is 3.05. The van der Waals surface area contributed by atoms with Crippen LogP contribution in [0.2, 0.25) is 0 Å². The second-order valence-electron chi connectivity index (χ2n) is 8.84. The highest BCUT2D eigenvalue weighted by molar-refractivity contribution is 7.46. The molecule has 1 heterocycles. The Hall–Kier alpha value is -3.13. The van der Waals surface area contributed by atoms with Crippen LogP contribution in [0.15, 0.2) is 30.4 Å². The number of hydrogen-bond acceptors (Lipinski definition) is 9. The number of hydrogen-bond donors (Lipinski definition) is 4. The zero-order chi connectivity index (χ0) is 29.5. The number of carbonyl (C=O) groups excluding carboxylic acids is 3. The molecule has 1 aliphatic rings. The molecule has 0 fully saturated rings. The summed E-state index contributed by atoms with van der Waals surface area (Å²) in [5, 5.41) is 11.6. The highest BCUT2D eigenvalue weighted by atomic mass is 31.2. The molecule has 0 bridgehead atoms. The third-order valence-electron chi connectivity index (χ3n) is 5.64. The van der Waals surface area contributed by atoms with Crippen molar-refractivity contribution < 1.29 is 57.4 Å². The van der Waals surface area contributed by atoms with Crippen molar-refractivity contribution in [3.8, 4) is 5.75 Å². The molecular formula is C25H35N2O12P. The quantitative estimate of drug-likeness (QED) is 0.0977. The van der Waals surface area contributed by atoms with Gasteiger partial charge in [0.2, 0.25) is 5.91 Å². The Kier molecular flexibility index (Phi) is 13.9. The summed E-state index contributed by atoms with van der Waals surface area (Å²) in [6.07, 6.45) is 3.90. The van der Waals surface area contributed by atoms with Crippen LogP contribution < -0.4 is 9.84 Å². The molecule has 0 aromatic heterocycles. The van der Waals surface area contributed by atoms with Gasteiger partial charge in [0.05, 0.1) is 64.2 Å². The van der Waals surface area contributed by atoms with Gasteiger partial charge in [0.25, 0.3) is 11.8 Å². The van der Waals surface area contributed by atoms with E-state index in [1.165, 1.54) is 24.3 Å². The Morgan fingerprint density at radius 2 is 1.57 bits per heavy atom. The zero-order valence-corrected chi connectivity index (χ0v) is 23.0. The number of phosphoric ester groups is 1. The number of anilines is 1. The monoisotopic (exact) mass is 586 g/mol. The average Bonchev–Trinajstić information content (AvgIpc) is 3.20. The number of nitrogens with zero attached hydrogens (tertiary/aromatic N) is 1. The third kappa shape index (κ3) is 12.8. The molecule has 40 heavy (non-hydrogen) atoms. The molecule has 1 atom stereocenters. The minimum atomic E-state index is -4.87. The van der Waals surface area contributed by atoms with Gasteiger partial charge < -0.3 is 29.2 Å². The van der Waals surface area contributed by atoms with E-state index in [2.05, 4.69) is 9.84 Å². The maximum Gasteiger partial charge on any atom is 0.524 e. The predicted octanol–water partition coefficient (Wildman–Crippen LogP) is 1.50. The summed E-state index contributed by atoms with van der Waals surface area (Å²) in [7, 11) is -4.87. The van der Waals surface area contributed by atoms with Crippen molar-refractivity contribution in [2.24, 2.45) is 5.92 Å². The van der Waals surface area contributed by atoms with Crippen LogP contribution in [-0.4, -0.2) is 89.7 Å². The molecule has 0 radical (unpaired) electrons. The molecule has 1 unspecified atom stereocenters. The minimum Gasteiger partial charge on any atom is -0.481 e. The summed E-state index contributed by atoms with van der Waals surface area (Å²) >= 11 is 0. The lowest BCUT2D eigenvalue weighted by Crippen LogP contribution is -2.33. The smallest absolute Gasteiger partial charge is 0.481 e. The number of carboxylic acids is 1. The molecule has 14 nitrogen and oxygen atoms in total. The Balaban J connectivity index is 1.65. The number of carbonyl (C=O) groups is 4. The predicted molar refractivity (Wildman–Crippen MR) is 140 cm³/mol. The number of aryl methyl sites for hydroxylation is 1. The fraction of sp³-hybridized carbons (Fsp3) is 0.520. The lowest BCUT2D eigenvalue weighted by Gasteiger charge is -2.15. The maximum absolute atomic E-state index is 12.4. The van der Waals surface area contributed by atoms with E-state index in [1.54, 1.807) is 13.0 Å². The van der Waals surface area contributed by atoms with Crippen molar-refractivity contribution >= 4 is 37.2 Å². The van der Waals surface area contributed by atoms with E-state index in [9.17, 15) is 33.5 Å². The topological polar surface area (TPSA) is 198 Å². The largest absolute Gasteiger partial charge is 0.524 e. The minimum absolute atomic E-state index is 0.0401. The number of rotatable bonds is 20. The van der Waals surface area contributed by atoms with Gasteiger partial charge in [-0.1, -0.05) is 13.0 Å². The molecule has 1 aromatic carbocycles. The van der Waals surface area contributed by atoms with Gasteiger partial charge in [0, 0.05) is 12.2 Å². The number of aliphatic carboxylic acids is 1. The number of carboxylic acid groups (broad SMARTS) is 1. The molecular weight excluding hydrogens is 551 g/mol. The normalized spacial score (nSPS) is 14.0. The van der Waals surface area contributed by atoms with E-state index in [0.29, 0.717) is 19.3 Å². The van der Waals surface area contributed by atoms with Crippen molar-refractivity contribution in [1.82, 2.24) is 4.90 Å². The fourth-order valence-electron chi connectivity index (χ4n) is 3.50. The van der Waals surface area contributed by atoms with Gasteiger partial charge in [-0.15, -0.1) is 0 Å². The van der Waals surface area contributed by atoms with Crippen LogP contribution in [0.5, 0.6) is 5.75 Å². The van der Waals surface area contributed by atoms with Gasteiger partial charge in [0.1, 0.15) is 0 Å². The molecule has 0 aliphatic carbocycles. The van der Waals surface area contributed by atoms with Gasteiger partial charge in [-0.05, 0) is 37.0 Å². The molecule has 222 valence electrons. The van der Waals surface area contributed by atoms with E-state index in [4.69, 9.17) is 19.3 Å². The number of benzene rings is 1. The first-order chi connectivity index (χ1) is 19.0. The van der Waals surface area contributed by atoms with Crippen molar-refractivity contribution in [2.75, 3.05) is 51.5 Å². The second kappa shape index (κ2) is 16.9. The summed E-state index contributed by atoms with van der Waals surface area (Å²) in [6, 6.07) is 4.46. The van der Waals surface area contributed by atoms with E-state index < -0.39 is 25.6 Å². The number of phosphoric acid groups is 1. The summed E-state index contributed by atoms with van der Waals surface area (Å²) in [4.78, 5) is 65.6. The first kappa shape index (κ1) is 33.1. The zero-order valence-electron chi connectivity index (χ0n) is 22.2. The van der Waals surface area contributed by atoms with Crippen molar-refractivity contribution in [3.05, 3.63) is 35.9 Å². The molecule has 0 saturated carbocycles. The summed E-state index contributed by atoms with van der Waals surface area (Å²) < 4.78 is 32.0. The number of ether oxygens (including phenoxy) is 3. The molecule has 4 N–H and O–H groups in total. The molecule has 15 heteroatoms. The van der Waals surface area contributed by atoms with Crippen LogP contribution >= 0.6 is 7.82 Å². The van der Waals surface area contributed by atoms with Gasteiger partial charge in [0.15, 0.2) is 5.75 Å². The van der Waals surface area contributed by atoms with E-state index in [-0.39, 0.29) is 75.9 Å². The van der Waals surface area contributed by atoms with Gasteiger partial charge in [-0.2, -0.15) is 0 Å². The van der Waals surface area contributed by atoms with E-state index in [1.807, 2.05) is 0 Å². The molecule has 0 spiro atoms. The highest BCUT2D eigenvalue weighted by Gasteiger charge is 2.22. The fourth-order valence-corrected chi connectivity index (χ4v) is 3.92. The van der Waals surface area contributed by atoms with E-state index in [0.717, 1.165) is 10.5 Å². The first-order valence-corrected chi connectivity index (χ1v) is 14.2. The second-order valence-corrected chi connectivity index (χ2v) is 10.0. The Morgan fingerprint density at radius 1 is 0.975 bits per heavy atom. The number of nitrogens with one attached hydrogen (secondary N) is 1. The van der Waals surface area contributed by atoms with Crippen LogP contribution in [0, 0.1) is 5.92 Å². The van der Waals surface area contributed by atoms with Gasteiger partial charge in [-0.3, -0.25) is 33.9 Å². The van der Waals surface area contributed by atoms with Crippen LogP contribution in [-0.2, 0) is 44.4 Å². The summed E-state index contributed by atoms with van der Waals surface area (Å²) in [5.74, 6) is -2.78. The Labute approximate surface area is 231 Å². The maximum atomic E-state index is 12.4. The third-order valence-corrected chi connectivity index (χ3v) is 6.07. The molecule has 0 saturated heterocycles. The average molecular weight is 587 g/mol. The molecule has 1 aliphatic heterocycles. The van der Waals surface area contributed by atoms with Crippen LogP contribution in [0.25, 0.3) is 0 Å². The van der Waals surface area contributed by atoms with Crippen LogP contribution in [0.3, 0.4) is 0 Å². The first-order valence-electron chi connectivity index (χ1n) is 12.6. The Bertz CT molecular complexity index is 1090. The molecule has 3 amide bonds. The lowest BCUT2D eigenvalue weighted by atomic mass is 10.0. The summed E-state index contributed by atoms with van der Waals surface area (Å²) in [5.41, 5.74) is 0.813. The van der Waals surface area contributed by atoms with E-state index >= 15 is 0 Å². The van der Waals surface area contributed by atoms with Crippen molar-refractivity contribution in [1.29, 1.82) is 0 Å². The SMILES string of the molecule is CC(CCCc1ccc(OP(=O)(O)O)c(NC(=O)CCOCCOCCOCCN2C(=O)C=CC2=O)c1)C(=O)O. The van der Waals surface area contributed by atoms with Gasteiger partial charge in [-0.25, -0.2) is 4.57 Å². The van der Waals surface area contributed by atoms with Gasteiger partial charge >= 0.3 is 13.8 Å². The standard InChI is InChI=1S/C25H35N2O12P/c1-18(25(31)32)3-2-4-19-5-6-21(39-40(33,34)35)20(17-19)26-22(28)9-11-36-13-15-38-16-14-37-12-10-27-23(29)7-8-24(27)30/h5-8,17-18H,2-4,9-16H2,1H3,(H,26,28)(H,31,32)(H2,33,34,35). The van der Waals surface area contributed by atoms with Crippen molar-refractivity contribution in [2.45, 2.75) is 32.6 Å². The van der Waals surface area contributed by atoms with Crippen LogP contribution in [0.4, 0.5) is 5.69 Å². The van der Waals surface area contributed by atoms with Crippen LogP contribution in [0.1, 0.15) is 31.7 Å². The molecule has 2 rings (SSSR count).